The van der Waals surface area contributed by atoms with E-state index >= 15 is 0 Å². The number of hydrogen-bond donors (Lipinski definition) is 2. The number of carbonyl (C=O) groups excluding carboxylic acids is 1. The van der Waals surface area contributed by atoms with E-state index in [9.17, 15) is 13.6 Å². The van der Waals surface area contributed by atoms with Gasteiger partial charge in [0.2, 0.25) is 0 Å². The number of benzene rings is 1. The van der Waals surface area contributed by atoms with Gasteiger partial charge in [0.05, 0.1) is 6.04 Å². The summed E-state index contributed by atoms with van der Waals surface area (Å²) >= 11 is 0. The van der Waals surface area contributed by atoms with E-state index in [2.05, 4.69) is 25.2 Å². The van der Waals surface area contributed by atoms with Gasteiger partial charge in [-0.15, -0.1) is 0 Å². The van der Waals surface area contributed by atoms with Crippen LogP contribution in [-0.4, -0.2) is 27.7 Å². The van der Waals surface area contributed by atoms with Gasteiger partial charge in [0.1, 0.15) is 17.9 Å². The summed E-state index contributed by atoms with van der Waals surface area (Å²) in [5.74, 6) is 0.00641. The Kier molecular flexibility index (Phi) is 4.24. The predicted octanol–water partition coefficient (Wildman–Crippen LogP) is 1.90. The number of halogens is 2. The first-order valence-electron chi connectivity index (χ1n) is 5.77. The third-order valence-corrected chi connectivity index (χ3v) is 2.51. The van der Waals surface area contributed by atoms with Gasteiger partial charge >= 0.3 is 6.61 Å². The highest BCUT2D eigenvalue weighted by Gasteiger charge is 2.14. The normalized spacial score (nSPS) is 12.2. The zero-order chi connectivity index (χ0) is 14.5. The molecule has 2 aromatic rings. The number of carbonyl (C=O) groups is 1. The Balaban J connectivity index is 2.05. The molecule has 0 saturated heterocycles. The summed E-state index contributed by atoms with van der Waals surface area (Å²) in [6.45, 7) is -1.21. The number of rotatable bonds is 5. The maximum Gasteiger partial charge on any atom is 0.387 e. The molecule has 0 saturated carbocycles. The SMILES string of the molecule is CC(NC(=O)c1cccc(OC(F)F)c1)c1ncn[nH]1. The molecular formula is C12H12F2N4O2. The number of ether oxygens (including phenoxy) is 1. The average molecular weight is 282 g/mol. The highest BCUT2D eigenvalue weighted by atomic mass is 19.3. The molecule has 106 valence electrons. The van der Waals surface area contributed by atoms with Gasteiger partial charge in [-0.2, -0.15) is 13.9 Å². The van der Waals surface area contributed by atoms with Crippen molar-refractivity contribution >= 4 is 5.91 Å². The van der Waals surface area contributed by atoms with E-state index in [1.807, 2.05) is 0 Å². The second-order valence-corrected chi connectivity index (χ2v) is 3.97. The molecule has 1 amide bonds. The van der Waals surface area contributed by atoms with Crippen molar-refractivity contribution in [2.45, 2.75) is 19.6 Å². The van der Waals surface area contributed by atoms with E-state index in [0.717, 1.165) is 0 Å². The summed E-state index contributed by atoms with van der Waals surface area (Å²) in [4.78, 5) is 15.9. The maximum atomic E-state index is 12.1. The fourth-order valence-electron chi connectivity index (χ4n) is 1.59. The molecular weight excluding hydrogens is 270 g/mol. The van der Waals surface area contributed by atoms with Gasteiger partial charge in [-0.05, 0) is 25.1 Å². The topological polar surface area (TPSA) is 79.9 Å². The van der Waals surface area contributed by atoms with E-state index in [-0.39, 0.29) is 17.4 Å². The summed E-state index contributed by atoms with van der Waals surface area (Å²) in [5.41, 5.74) is 0.217. The van der Waals surface area contributed by atoms with Gasteiger partial charge in [0.25, 0.3) is 5.91 Å². The van der Waals surface area contributed by atoms with E-state index in [1.54, 1.807) is 6.92 Å². The Morgan fingerprint density at radius 1 is 1.45 bits per heavy atom. The molecule has 20 heavy (non-hydrogen) atoms. The zero-order valence-corrected chi connectivity index (χ0v) is 10.5. The van der Waals surface area contributed by atoms with E-state index in [4.69, 9.17) is 0 Å². The number of nitrogens with one attached hydrogen (secondary N) is 2. The molecule has 1 aromatic carbocycles. The van der Waals surface area contributed by atoms with Crippen LogP contribution in [0.3, 0.4) is 0 Å². The van der Waals surface area contributed by atoms with Crippen molar-refractivity contribution in [1.82, 2.24) is 20.5 Å². The van der Waals surface area contributed by atoms with Crippen molar-refractivity contribution in [1.29, 1.82) is 0 Å². The van der Waals surface area contributed by atoms with Crippen LogP contribution in [0.15, 0.2) is 30.6 Å². The monoisotopic (exact) mass is 282 g/mol. The quantitative estimate of drug-likeness (QED) is 0.877. The molecule has 8 heteroatoms. The number of hydrogen-bond acceptors (Lipinski definition) is 4. The molecule has 1 heterocycles. The predicted molar refractivity (Wildman–Crippen MR) is 65.3 cm³/mol. The van der Waals surface area contributed by atoms with Crippen molar-refractivity contribution < 1.29 is 18.3 Å². The number of H-pyrrole nitrogens is 1. The van der Waals surface area contributed by atoms with Gasteiger partial charge in [-0.25, -0.2) is 4.98 Å². The third kappa shape index (κ3) is 3.50. The summed E-state index contributed by atoms with van der Waals surface area (Å²) in [6, 6.07) is 5.17. The number of nitrogens with zero attached hydrogens (tertiary/aromatic N) is 2. The Bertz CT molecular complexity index is 575. The van der Waals surface area contributed by atoms with Crippen LogP contribution >= 0.6 is 0 Å². The summed E-state index contributed by atoms with van der Waals surface area (Å²) in [7, 11) is 0. The lowest BCUT2D eigenvalue weighted by atomic mass is 10.2. The van der Waals surface area contributed by atoms with Crippen LogP contribution in [0, 0.1) is 0 Å². The van der Waals surface area contributed by atoms with Crippen LogP contribution < -0.4 is 10.1 Å². The molecule has 1 unspecified atom stereocenters. The molecule has 1 aromatic heterocycles. The largest absolute Gasteiger partial charge is 0.435 e. The lowest BCUT2D eigenvalue weighted by Gasteiger charge is -2.12. The Morgan fingerprint density at radius 2 is 2.25 bits per heavy atom. The Labute approximate surface area is 113 Å². The second-order valence-electron chi connectivity index (χ2n) is 3.97. The third-order valence-electron chi connectivity index (χ3n) is 2.51. The lowest BCUT2D eigenvalue weighted by molar-refractivity contribution is -0.0498. The lowest BCUT2D eigenvalue weighted by Crippen LogP contribution is -2.27. The molecule has 2 N–H and O–H groups in total. The van der Waals surface area contributed by atoms with Crippen LogP contribution in [0.25, 0.3) is 0 Å². The first-order chi connectivity index (χ1) is 9.56. The standard InChI is InChI=1S/C12H12F2N4O2/c1-7(10-15-6-16-18-10)17-11(19)8-3-2-4-9(5-8)20-12(13)14/h2-7,12H,1H3,(H,17,19)(H,15,16,18). The highest BCUT2D eigenvalue weighted by molar-refractivity contribution is 5.94. The number of amides is 1. The van der Waals surface area contributed by atoms with Crippen LogP contribution in [0.4, 0.5) is 8.78 Å². The van der Waals surface area contributed by atoms with Crippen molar-refractivity contribution in [2.24, 2.45) is 0 Å². The molecule has 0 aliphatic rings. The van der Waals surface area contributed by atoms with Crippen molar-refractivity contribution in [3.63, 3.8) is 0 Å². The first-order valence-corrected chi connectivity index (χ1v) is 5.77. The number of alkyl halides is 2. The highest BCUT2D eigenvalue weighted by Crippen LogP contribution is 2.16. The molecule has 0 radical (unpaired) electrons. The maximum absolute atomic E-state index is 12.1. The molecule has 0 aliphatic carbocycles. The van der Waals surface area contributed by atoms with Crippen molar-refractivity contribution in [2.75, 3.05) is 0 Å². The minimum Gasteiger partial charge on any atom is -0.435 e. The van der Waals surface area contributed by atoms with E-state index < -0.39 is 12.5 Å². The van der Waals surface area contributed by atoms with Crippen molar-refractivity contribution in [3.8, 4) is 5.75 Å². The summed E-state index contributed by atoms with van der Waals surface area (Å²) < 4.78 is 28.5. The van der Waals surface area contributed by atoms with Gasteiger partial charge in [-0.1, -0.05) is 6.07 Å². The average Bonchev–Trinajstić information content (AvgIpc) is 2.92. The van der Waals surface area contributed by atoms with Gasteiger partial charge in [-0.3, -0.25) is 9.89 Å². The number of aromatic nitrogens is 3. The van der Waals surface area contributed by atoms with Crippen molar-refractivity contribution in [3.05, 3.63) is 42.0 Å². The number of aromatic amines is 1. The van der Waals surface area contributed by atoms with Gasteiger partial charge < -0.3 is 10.1 Å². The van der Waals surface area contributed by atoms with Gasteiger partial charge in [0, 0.05) is 5.56 Å². The Morgan fingerprint density at radius 3 is 2.90 bits per heavy atom. The molecule has 6 nitrogen and oxygen atoms in total. The van der Waals surface area contributed by atoms with Crippen LogP contribution in [0.5, 0.6) is 5.75 Å². The molecule has 0 spiro atoms. The van der Waals surface area contributed by atoms with Crippen LogP contribution in [0.1, 0.15) is 29.1 Å². The second kappa shape index (κ2) is 6.09. The molecule has 0 bridgehead atoms. The van der Waals surface area contributed by atoms with Gasteiger partial charge in [0.15, 0.2) is 0 Å². The first kappa shape index (κ1) is 13.9. The Hall–Kier alpha value is -2.51. The smallest absolute Gasteiger partial charge is 0.387 e. The summed E-state index contributed by atoms with van der Waals surface area (Å²) in [5, 5.41) is 8.97. The molecule has 0 fully saturated rings. The van der Waals surface area contributed by atoms with E-state index in [0.29, 0.717) is 5.82 Å². The molecule has 0 aliphatic heterocycles. The fraction of sp³-hybridized carbons (Fsp3) is 0.250. The fourth-order valence-corrected chi connectivity index (χ4v) is 1.59. The minimum absolute atomic E-state index is 0.0695. The summed E-state index contributed by atoms with van der Waals surface area (Å²) in [6.07, 6.45) is 1.33. The van der Waals surface area contributed by atoms with Crippen LogP contribution in [0.2, 0.25) is 0 Å². The molecule has 1 atom stereocenters. The molecule has 2 rings (SSSR count). The van der Waals surface area contributed by atoms with Crippen LogP contribution in [-0.2, 0) is 0 Å². The van der Waals surface area contributed by atoms with E-state index in [1.165, 1.54) is 30.6 Å². The minimum atomic E-state index is -2.93. The zero-order valence-electron chi connectivity index (χ0n) is 10.5.